The Bertz CT molecular complexity index is 868. The second-order valence-corrected chi connectivity index (χ2v) is 5.76. The second kappa shape index (κ2) is 8.81. The van der Waals surface area contributed by atoms with Crippen LogP contribution in [0.15, 0.2) is 41.3 Å². The fraction of sp³-hybridized carbons (Fsp3) is 0.294. The molecule has 146 valence electrons. The van der Waals surface area contributed by atoms with E-state index in [4.69, 9.17) is 21.1 Å². The third-order valence-electron chi connectivity index (χ3n) is 3.43. The summed E-state index contributed by atoms with van der Waals surface area (Å²) in [5, 5.41) is 1.84. The Kier molecular flexibility index (Phi) is 6.73. The SMILES string of the molecule is COc1ccccc1OCCNC(=O)Cn1cc(C(F)(F)F)cc(Cl)c1=O. The van der Waals surface area contributed by atoms with Crippen LogP contribution in [-0.4, -0.2) is 30.7 Å². The van der Waals surface area contributed by atoms with Crippen LogP contribution >= 0.6 is 11.6 Å². The summed E-state index contributed by atoms with van der Waals surface area (Å²) in [6, 6.07) is 7.44. The predicted octanol–water partition coefficient (Wildman–Crippen LogP) is 2.72. The molecule has 0 aliphatic rings. The number of alkyl halides is 3. The van der Waals surface area contributed by atoms with Crippen LogP contribution in [0.1, 0.15) is 5.56 Å². The molecule has 0 bridgehead atoms. The van der Waals surface area contributed by atoms with Crippen molar-refractivity contribution in [1.29, 1.82) is 0 Å². The van der Waals surface area contributed by atoms with E-state index in [1.165, 1.54) is 7.11 Å². The quantitative estimate of drug-likeness (QED) is 0.720. The molecule has 0 aliphatic carbocycles. The van der Waals surface area contributed by atoms with E-state index < -0.39 is 34.8 Å². The summed E-state index contributed by atoms with van der Waals surface area (Å²) in [5.74, 6) is 0.347. The Labute approximate surface area is 157 Å². The average Bonchev–Trinajstić information content (AvgIpc) is 2.61. The van der Waals surface area contributed by atoms with Gasteiger partial charge in [-0.05, 0) is 18.2 Å². The van der Waals surface area contributed by atoms with Crippen LogP contribution in [0.4, 0.5) is 13.2 Å². The van der Waals surface area contributed by atoms with Gasteiger partial charge in [0, 0.05) is 6.20 Å². The van der Waals surface area contributed by atoms with Crippen LogP contribution < -0.4 is 20.3 Å². The lowest BCUT2D eigenvalue weighted by Gasteiger charge is -2.13. The molecule has 1 heterocycles. The normalized spacial score (nSPS) is 11.1. The van der Waals surface area contributed by atoms with E-state index in [1.54, 1.807) is 24.3 Å². The van der Waals surface area contributed by atoms with Crippen LogP contribution in [-0.2, 0) is 17.5 Å². The van der Waals surface area contributed by atoms with Gasteiger partial charge in [0.1, 0.15) is 18.2 Å². The van der Waals surface area contributed by atoms with Crippen molar-refractivity contribution in [2.24, 2.45) is 0 Å². The summed E-state index contributed by atoms with van der Waals surface area (Å²) in [6.45, 7) is -0.417. The van der Waals surface area contributed by atoms with E-state index in [0.717, 1.165) is 0 Å². The summed E-state index contributed by atoms with van der Waals surface area (Å²) in [6.07, 6.45) is -4.13. The zero-order valence-electron chi connectivity index (χ0n) is 14.2. The van der Waals surface area contributed by atoms with Gasteiger partial charge in [0.15, 0.2) is 11.5 Å². The Balaban J connectivity index is 1.92. The summed E-state index contributed by atoms with van der Waals surface area (Å²) >= 11 is 5.53. The van der Waals surface area contributed by atoms with Gasteiger partial charge in [-0.3, -0.25) is 9.59 Å². The largest absolute Gasteiger partial charge is 0.493 e. The highest BCUT2D eigenvalue weighted by Crippen LogP contribution is 2.29. The molecule has 1 aromatic carbocycles. The number of hydrogen-bond acceptors (Lipinski definition) is 4. The van der Waals surface area contributed by atoms with E-state index in [1.807, 2.05) is 0 Å². The Morgan fingerprint density at radius 2 is 1.93 bits per heavy atom. The number of carbonyl (C=O) groups excluding carboxylic acids is 1. The summed E-state index contributed by atoms with van der Waals surface area (Å²) < 4.78 is 49.5. The lowest BCUT2D eigenvalue weighted by Crippen LogP contribution is -2.35. The molecular weight excluding hydrogens is 389 g/mol. The highest BCUT2D eigenvalue weighted by Gasteiger charge is 2.32. The van der Waals surface area contributed by atoms with Crippen molar-refractivity contribution >= 4 is 17.5 Å². The van der Waals surface area contributed by atoms with Crippen molar-refractivity contribution in [2.75, 3.05) is 20.3 Å². The van der Waals surface area contributed by atoms with Gasteiger partial charge in [0.25, 0.3) is 5.56 Å². The predicted molar refractivity (Wildman–Crippen MR) is 92.2 cm³/mol. The van der Waals surface area contributed by atoms with Gasteiger partial charge < -0.3 is 19.4 Å². The molecule has 0 radical (unpaired) electrons. The second-order valence-electron chi connectivity index (χ2n) is 5.36. The number of ether oxygens (including phenoxy) is 2. The van der Waals surface area contributed by atoms with Gasteiger partial charge in [-0.2, -0.15) is 13.2 Å². The standard InChI is InChI=1S/C17H16ClF3N2O4/c1-26-13-4-2-3-5-14(13)27-7-6-22-15(24)10-23-9-11(17(19,20)21)8-12(18)16(23)25/h2-5,8-9H,6-7,10H2,1H3,(H,22,24). The molecule has 1 aromatic heterocycles. The Morgan fingerprint density at radius 1 is 1.26 bits per heavy atom. The molecule has 0 unspecified atom stereocenters. The lowest BCUT2D eigenvalue weighted by molar-refractivity contribution is -0.138. The molecule has 6 nitrogen and oxygen atoms in total. The monoisotopic (exact) mass is 404 g/mol. The van der Waals surface area contributed by atoms with E-state index in [-0.39, 0.29) is 13.2 Å². The van der Waals surface area contributed by atoms with E-state index >= 15 is 0 Å². The minimum atomic E-state index is -4.68. The van der Waals surface area contributed by atoms with E-state index in [2.05, 4.69) is 5.32 Å². The minimum Gasteiger partial charge on any atom is -0.493 e. The van der Waals surface area contributed by atoms with Gasteiger partial charge in [-0.1, -0.05) is 23.7 Å². The van der Waals surface area contributed by atoms with Crippen LogP contribution in [0.5, 0.6) is 11.5 Å². The molecule has 0 spiro atoms. The number of para-hydroxylation sites is 2. The summed E-state index contributed by atoms with van der Waals surface area (Å²) in [5.41, 5.74) is -2.00. The number of benzene rings is 1. The Morgan fingerprint density at radius 3 is 2.56 bits per heavy atom. The topological polar surface area (TPSA) is 69.6 Å². The van der Waals surface area contributed by atoms with Gasteiger partial charge in [0.2, 0.25) is 5.91 Å². The molecule has 0 saturated carbocycles. The number of methoxy groups -OCH3 is 1. The van der Waals surface area contributed by atoms with Crippen molar-refractivity contribution in [3.63, 3.8) is 0 Å². The van der Waals surface area contributed by atoms with Gasteiger partial charge >= 0.3 is 6.18 Å². The van der Waals surface area contributed by atoms with Crippen molar-refractivity contribution in [3.05, 3.63) is 57.5 Å². The molecule has 2 rings (SSSR count). The molecule has 10 heteroatoms. The molecular formula is C17H16ClF3N2O4. The number of rotatable bonds is 7. The maximum atomic E-state index is 12.8. The number of hydrogen-bond donors (Lipinski definition) is 1. The highest BCUT2D eigenvalue weighted by molar-refractivity contribution is 6.30. The van der Waals surface area contributed by atoms with Crippen LogP contribution in [0.25, 0.3) is 0 Å². The van der Waals surface area contributed by atoms with Gasteiger partial charge in [-0.25, -0.2) is 0 Å². The molecule has 0 saturated heterocycles. The number of aromatic nitrogens is 1. The molecule has 1 amide bonds. The zero-order valence-corrected chi connectivity index (χ0v) is 14.9. The number of pyridine rings is 1. The number of nitrogens with zero attached hydrogens (tertiary/aromatic N) is 1. The van der Waals surface area contributed by atoms with E-state index in [0.29, 0.717) is 28.3 Å². The Hall–Kier alpha value is -2.68. The van der Waals surface area contributed by atoms with E-state index in [9.17, 15) is 22.8 Å². The molecule has 0 aliphatic heterocycles. The maximum Gasteiger partial charge on any atom is 0.417 e. The molecule has 1 N–H and O–H groups in total. The van der Waals surface area contributed by atoms with Crippen LogP contribution in [0.2, 0.25) is 5.02 Å². The number of nitrogens with one attached hydrogen (secondary N) is 1. The number of carbonyl (C=O) groups is 1. The first-order chi connectivity index (χ1) is 12.7. The molecule has 0 atom stereocenters. The van der Waals surface area contributed by atoms with Crippen LogP contribution in [0.3, 0.4) is 0 Å². The highest BCUT2D eigenvalue weighted by atomic mass is 35.5. The third-order valence-corrected chi connectivity index (χ3v) is 3.71. The zero-order chi connectivity index (χ0) is 20.0. The van der Waals surface area contributed by atoms with Gasteiger partial charge in [-0.15, -0.1) is 0 Å². The maximum absolute atomic E-state index is 12.8. The molecule has 2 aromatic rings. The lowest BCUT2D eigenvalue weighted by atomic mass is 10.2. The first-order valence-electron chi connectivity index (χ1n) is 7.72. The first kappa shape index (κ1) is 20.6. The molecule has 27 heavy (non-hydrogen) atoms. The van der Waals surface area contributed by atoms with Crippen molar-refractivity contribution in [2.45, 2.75) is 12.7 Å². The number of halogens is 4. The fourth-order valence-corrected chi connectivity index (χ4v) is 2.40. The van der Waals surface area contributed by atoms with Crippen molar-refractivity contribution in [1.82, 2.24) is 9.88 Å². The minimum absolute atomic E-state index is 0.0817. The first-order valence-corrected chi connectivity index (χ1v) is 8.10. The van der Waals surface area contributed by atoms with Gasteiger partial charge in [0.05, 0.1) is 19.2 Å². The van der Waals surface area contributed by atoms with Crippen molar-refractivity contribution in [3.8, 4) is 11.5 Å². The average molecular weight is 405 g/mol. The summed E-state index contributed by atoms with van der Waals surface area (Å²) in [7, 11) is 1.49. The smallest absolute Gasteiger partial charge is 0.417 e. The van der Waals surface area contributed by atoms with Crippen LogP contribution in [0, 0.1) is 0 Å². The number of amides is 1. The summed E-state index contributed by atoms with van der Waals surface area (Å²) in [4.78, 5) is 23.7. The fourth-order valence-electron chi connectivity index (χ4n) is 2.17. The third kappa shape index (κ3) is 5.65. The van der Waals surface area contributed by atoms with Crippen molar-refractivity contribution < 1.29 is 27.4 Å². The molecule has 0 fully saturated rings.